The maximum absolute atomic E-state index is 8.64. The van der Waals surface area contributed by atoms with Gasteiger partial charge in [-0.15, -0.1) is 11.8 Å². The molecule has 1 rings (SSSR count). The molecule has 72 valence electrons. The molecular formula is C9H11BrO2S. The molecule has 0 spiro atoms. The van der Waals surface area contributed by atoms with Crippen LogP contribution in [0.3, 0.4) is 0 Å². The molecule has 1 N–H and O–H groups in total. The molecule has 0 saturated heterocycles. The SMILES string of the molecule is COc1ccc(SCCO)cc1Br. The van der Waals surface area contributed by atoms with E-state index in [1.807, 2.05) is 18.2 Å². The van der Waals surface area contributed by atoms with Gasteiger partial charge in [0.1, 0.15) is 5.75 Å². The van der Waals surface area contributed by atoms with Crippen molar-refractivity contribution in [2.75, 3.05) is 19.5 Å². The van der Waals surface area contributed by atoms with Crippen LogP contribution >= 0.6 is 27.7 Å². The second-order valence-electron chi connectivity index (χ2n) is 2.37. The molecule has 0 bridgehead atoms. The van der Waals surface area contributed by atoms with Gasteiger partial charge in [-0.1, -0.05) is 0 Å². The molecule has 0 fully saturated rings. The fraction of sp³-hybridized carbons (Fsp3) is 0.333. The minimum Gasteiger partial charge on any atom is -0.496 e. The van der Waals surface area contributed by atoms with E-state index in [4.69, 9.17) is 9.84 Å². The molecule has 0 aliphatic heterocycles. The molecule has 0 saturated carbocycles. The number of ether oxygens (including phenoxy) is 1. The van der Waals surface area contributed by atoms with Crippen LogP contribution in [0.25, 0.3) is 0 Å². The number of halogens is 1. The van der Waals surface area contributed by atoms with Crippen molar-refractivity contribution in [1.82, 2.24) is 0 Å². The average Bonchev–Trinajstić information content (AvgIpc) is 2.15. The molecule has 0 aliphatic rings. The molecule has 0 aromatic heterocycles. The first kappa shape index (κ1) is 10.9. The van der Waals surface area contributed by atoms with Gasteiger partial charge in [0.05, 0.1) is 18.2 Å². The van der Waals surface area contributed by atoms with Gasteiger partial charge in [0.25, 0.3) is 0 Å². The quantitative estimate of drug-likeness (QED) is 0.846. The highest BCUT2D eigenvalue weighted by molar-refractivity contribution is 9.10. The maximum atomic E-state index is 8.64. The van der Waals surface area contributed by atoms with Crippen molar-refractivity contribution in [2.45, 2.75) is 4.90 Å². The van der Waals surface area contributed by atoms with E-state index in [2.05, 4.69) is 15.9 Å². The lowest BCUT2D eigenvalue weighted by Gasteiger charge is -2.04. The molecule has 0 atom stereocenters. The minimum atomic E-state index is 0.203. The van der Waals surface area contributed by atoms with Gasteiger partial charge >= 0.3 is 0 Å². The molecule has 4 heteroatoms. The van der Waals surface area contributed by atoms with Gasteiger partial charge in [0, 0.05) is 10.6 Å². The Morgan fingerprint density at radius 1 is 1.54 bits per heavy atom. The van der Waals surface area contributed by atoms with Gasteiger partial charge < -0.3 is 9.84 Å². The first-order valence-electron chi connectivity index (χ1n) is 3.85. The van der Waals surface area contributed by atoms with Crippen LogP contribution in [0.15, 0.2) is 27.6 Å². The van der Waals surface area contributed by atoms with Gasteiger partial charge in [-0.05, 0) is 34.1 Å². The maximum Gasteiger partial charge on any atom is 0.133 e. The van der Waals surface area contributed by atoms with Crippen LogP contribution < -0.4 is 4.74 Å². The van der Waals surface area contributed by atoms with Crippen molar-refractivity contribution < 1.29 is 9.84 Å². The zero-order chi connectivity index (χ0) is 9.68. The Kier molecular flexibility index (Phi) is 4.62. The van der Waals surface area contributed by atoms with Crippen LogP contribution in [0, 0.1) is 0 Å². The third-order valence-corrected chi connectivity index (χ3v) is 3.08. The summed E-state index contributed by atoms with van der Waals surface area (Å²) in [6.45, 7) is 0.203. The highest BCUT2D eigenvalue weighted by Gasteiger charge is 2.00. The number of aliphatic hydroxyl groups excluding tert-OH is 1. The summed E-state index contributed by atoms with van der Waals surface area (Å²) in [4.78, 5) is 1.13. The minimum absolute atomic E-state index is 0.203. The molecule has 0 unspecified atom stereocenters. The van der Waals surface area contributed by atoms with Crippen LogP contribution in [0.5, 0.6) is 5.75 Å². The van der Waals surface area contributed by atoms with Crippen molar-refractivity contribution >= 4 is 27.7 Å². The fourth-order valence-electron chi connectivity index (χ4n) is 0.900. The predicted molar refractivity (Wildman–Crippen MR) is 58.5 cm³/mol. The molecule has 2 nitrogen and oxygen atoms in total. The van der Waals surface area contributed by atoms with Gasteiger partial charge in [0.15, 0.2) is 0 Å². The number of benzene rings is 1. The molecule has 1 aromatic carbocycles. The summed E-state index contributed by atoms with van der Waals surface area (Å²) < 4.78 is 6.04. The first-order valence-corrected chi connectivity index (χ1v) is 5.63. The number of aliphatic hydroxyl groups is 1. The second kappa shape index (κ2) is 5.52. The molecule has 0 heterocycles. The lowest BCUT2D eigenvalue weighted by Crippen LogP contribution is -1.87. The Morgan fingerprint density at radius 3 is 2.85 bits per heavy atom. The van der Waals surface area contributed by atoms with E-state index in [-0.39, 0.29) is 6.61 Å². The number of thioether (sulfide) groups is 1. The topological polar surface area (TPSA) is 29.5 Å². The second-order valence-corrected chi connectivity index (χ2v) is 4.39. The molecule has 0 amide bonds. The van der Waals surface area contributed by atoms with Crippen LogP contribution in [0.4, 0.5) is 0 Å². The summed E-state index contributed by atoms with van der Waals surface area (Å²) in [6, 6.07) is 5.87. The van der Waals surface area contributed by atoms with E-state index in [1.165, 1.54) is 0 Å². The summed E-state index contributed by atoms with van der Waals surface area (Å²) in [5.41, 5.74) is 0. The van der Waals surface area contributed by atoms with Gasteiger partial charge in [0.2, 0.25) is 0 Å². The van der Waals surface area contributed by atoms with E-state index in [0.29, 0.717) is 0 Å². The number of rotatable bonds is 4. The number of methoxy groups -OCH3 is 1. The summed E-state index contributed by atoms with van der Waals surface area (Å²) in [5, 5.41) is 8.64. The van der Waals surface area contributed by atoms with Crippen molar-refractivity contribution in [3.8, 4) is 5.75 Å². The molecule has 13 heavy (non-hydrogen) atoms. The third-order valence-electron chi connectivity index (χ3n) is 1.48. The zero-order valence-electron chi connectivity index (χ0n) is 7.29. The van der Waals surface area contributed by atoms with E-state index in [1.54, 1.807) is 18.9 Å². The molecule has 0 aliphatic carbocycles. The average molecular weight is 263 g/mol. The van der Waals surface area contributed by atoms with Gasteiger partial charge in [-0.25, -0.2) is 0 Å². The van der Waals surface area contributed by atoms with Crippen molar-refractivity contribution in [2.24, 2.45) is 0 Å². The normalized spacial score (nSPS) is 10.1. The fourth-order valence-corrected chi connectivity index (χ4v) is 2.29. The lowest BCUT2D eigenvalue weighted by molar-refractivity contribution is 0.322. The van der Waals surface area contributed by atoms with Crippen LogP contribution in [-0.4, -0.2) is 24.6 Å². The Labute approximate surface area is 90.4 Å². The summed E-state index contributed by atoms with van der Waals surface area (Å²) in [5.74, 6) is 1.55. The van der Waals surface area contributed by atoms with E-state index >= 15 is 0 Å². The van der Waals surface area contributed by atoms with Crippen LogP contribution in [-0.2, 0) is 0 Å². The van der Waals surface area contributed by atoms with Crippen molar-refractivity contribution in [3.05, 3.63) is 22.7 Å². The lowest BCUT2D eigenvalue weighted by atomic mass is 10.3. The Bertz CT molecular complexity index is 278. The third kappa shape index (κ3) is 3.21. The Morgan fingerprint density at radius 2 is 2.31 bits per heavy atom. The highest BCUT2D eigenvalue weighted by Crippen LogP contribution is 2.29. The number of hydrogen-bond acceptors (Lipinski definition) is 3. The van der Waals surface area contributed by atoms with E-state index in [9.17, 15) is 0 Å². The molecular weight excluding hydrogens is 252 g/mol. The zero-order valence-corrected chi connectivity index (χ0v) is 9.69. The van der Waals surface area contributed by atoms with Crippen molar-refractivity contribution in [1.29, 1.82) is 0 Å². The predicted octanol–water partition coefficient (Wildman–Crippen LogP) is 2.54. The standard InChI is InChI=1S/C9H11BrO2S/c1-12-9-3-2-7(6-8(9)10)13-5-4-11/h2-3,6,11H,4-5H2,1H3. The van der Waals surface area contributed by atoms with E-state index < -0.39 is 0 Å². The summed E-state index contributed by atoms with van der Waals surface area (Å²) in [7, 11) is 1.64. The van der Waals surface area contributed by atoms with Gasteiger partial charge in [-0.2, -0.15) is 0 Å². The smallest absolute Gasteiger partial charge is 0.133 e. The van der Waals surface area contributed by atoms with Crippen molar-refractivity contribution in [3.63, 3.8) is 0 Å². The van der Waals surface area contributed by atoms with Crippen LogP contribution in [0.1, 0.15) is 0 Å². The van der Waals surface area contributed by atoms with Gasteiger partial charge in [-0.3, -0.25) is 0 Å². The monoisotopic (exact) mass is 262 g/mol. The van der Waals surface area contributed by atoms with E-state index in [0.717, 1.165) is 20.9 Å². The molecule has 0 radical (unpaired) electrons. The molecule has 1 aromatic rings. The summed E-state index contributed by atoms with van der Waals surface area (Å²) >= 11 is 5.02. The number of hydrogen-bond donors (Lipinski definition) is 1. The van der Waals surface area contributed by atoms with Crippen LogP contribution in [0.2, 0.25) is 0 Å². The highest BCUT2D eigenvalue weighted by atomic mass is 79.9. The summed E-state index contributed by atoms with van der Waals surface area (Å²) in [6.07, 6.45) is 0. The largest absolute Gasteiger partial charge is 0.496 e. The Hall–Kier alpha value is -0.190. The Balaban J connectivity index is 2.71. The first-order chi connectivity index (χ1) is 6.27.